The molecule has 16 heavy (non-hydrogen) atoms. The van der Waals surface area contributed by atoms with Crippen LogP contribution >= 0.6 is 0 Å². The van der Waals surface area contributed by atoms with Crippen LogP contribution in [0.4, 0.5) is 0 Å². The first-order valence-corrected chi connectivity index (χ1v) is 5.68. The summed E-state index contributed by atoms with van der Waals surface area (Å²) in [5.74, 6) is 0. The lowest BCUT2D eigenvalue weighted by Crippen LogP contribution is -2.22. The van der Waals surface area contributed by atoms with Crippen molar-refractivity contribution in [3.63, 3.8) is 0 Å². The summed E-state index contributed by atoms with van der Waals surface area (Å²) >= 11 is 0. The second-order valence-electron chi connectivity index (χ2n) is 3.48. The first kappa shape index (κ1) is 13.2. The third-order valence-corrected chi connectivity index (χ3v) is 2.15. The number of methoxy groups -OCH3 is 1. The molecular weight excluding hydrogens is 206 g/mol. The van der Waals surface area contributed by atoms with Gasteiger partial charge in [0.1, 0.15) is 0 Å². The molecule has 5 heteroatoms. The molecule has 0 spiro atoms. The minimum absolute atomic E-state index is 0.673. The summed E-state index contributed by atoms with van der Waals surface area (Å²) in [6.07, 6.45) is 4.79. The van der Waals surface area contributed by atoms with Crippen LogP contribution in [-0.2, 0) is 16.0 Å². The van der Waals surface area contributed by atoms with E-state index >= 15 is 0 Å². The molecule has 0 saturated heterocycles. The van der Waals surface area contributed by atoms with Gasteiger partial charge >= 0.3 is 0 Å². The fourth-order valence-electron chi connectivity index (χ4n) is 1.29. The van der Waals surface area contributed by atoms with Crippen molar-refractivity contribution in [3.05, 3.63) is 18.5 Å². The molecule has 0 atom stereocenters. The molecule has 1 aromatic heterocycles. The molecule has 5 nitrogen and oxygen atoms in total. The van der Waals surface area contributed by atoms with Gasteiger partial charge < -0.3 is 14.8 Å². The minimum Gasteiger partial charge on any atom is -0.382 e. The van der Waals surface area contributed by atoms with Crippen molar-refractivity contribution in [2.24, 2.45) is 0 Å². The van der Waals surface area contributed by atoms with Gasteiger partial charge in [-0.2, -0.15) is 5.10 Å². The maximum Gasteiger partial charge on any atom is 0.0700 e. The van der Waals surface area contributed by atoms with E-state index in [4.69, 9.17) is 9.47 Å². The largest absolute Gasteiger partial charge is 0.382 e. The standard InChI is InChI=1S/C11H21N3O2/c1-15-10-11-16-9-3-4-12-6-8-14-7-2-5-13-14/h2,5,7,12H,3-4,6,8-11H2,1H3. The number of aromatic nitrogens is 2. The second-order valence-corrected chi connectivity index (χ2v) is 3.48. The van der Waals surface area contributed by atoms with Crippen molar-refractivity contribution in [3.8, 4) is 0 Å². The highest BCUT2D eigenvalue weighted by molar-refractivity contribution is 4.77. The Morgan fingerprint density at radius 2 is 2.19 bits per heavy atom. The van der Waals surface area contributed by atoms with Crippen LogP contribution in [0.25, 0.3) is 0 Å². The number of rotatable bonds is 10. The van der Waals surface area contributed by atoms with Crippen molar-refractivity contribution < 1.29 is 9.47 Å². The number of ether oxygens (including phenoxy) is 2. The van der Waals surface area contributed by atoms with E-state index in [0.29, 0.717) is 13.2 Å². The third kappa shape index (κ3) is 6.55. The highest BCUT2D eigenvalue weighted by Gasteiger charge is 1.91. The molecule has 0 fully saturated rings. The molecule has 0 amide bonds. The fraction of sp³-hybridized carbons (Fsp3) is 0.727. The molecule has 0 bridgehead atoms. The second kappa shape index (κ2) is 9.33. The Kier molecular flexibility index (Phi) is 7.67. The van der Waals surface area contributed by atoms with Gasteiger partial charge in [0.15, 0.2) is 0 Å². The predicted molar refractivity (Wildman–Crippen MR) is 62.4 cm³/mol. The zero-order chi connectivity index (χ0) is 11.5. The summed E-state index contributed by atoms with van der Waals surface area (Å²) < 4.78 is 12.1. The maximum absolute atomic E-state index is 5.34. The van der Waals surface area contributed by atoms with Gasteiger partial charge in [0.05, 0.1) is 19.8 Å². The lowest BCUT2D eigenvalue weighted by Gasteiger charge is -2.05. The molecule has 1 N–H and O–H groups in total. The summed E-state index contributed by atoms with van der Waals surface area (Å²) in [6.45, 7) is 4.99. The Hall–Kier alpha value is -0.910. The molecule has 0 aromatic carbocycles. The molecule has 0 aliphatic rings. The van der Waals surface area contributed by atoms with E-state index < -0.39 is 0 Å². The number of nitrogens with zero attached hydrogens (tertiary/aromatic N) is 2. The molecule has 1 aromatic rings. The van der Waals surface area contributed by atoms with Crippen LogP contribution in [0.15, 0.2) is 18.5 Å². The average Bonchev–Trinajstić information content (AvgIpc) is 2.80. The van der Waals surface area contributed by atoms with E-state index in [1.165, 1.54) is 0 Å². The molecule has 0 aliphatic carbocycles. The molecule has 0 radical (unpaired) electrons. The Morgan fingerprint density at radius 1 is 1.25 bits per heavy atom. The van der Waals surface area contributed by atoms with E-state index in [9.17, 15) is 0 Å². The first-order chi connectivity index (χ1) is 7.93. The van der Waals surface area contributed by atoms with E-state index in [1.54, 1.807) is 13.3 Å². The van der Waals surface area contributed by atoms with Crippen LogP contribution in [0.2, 0.25) is 0 Å². The normalized spacial score (nSPS) is 10.8. The third-order valence-electron chi connectivity index (χ3n) is 2.15. The van der Waals surface area contributed by atoms with Gasteiger partial charge in [0.2, 0.25) is 0 Å². The zero-order valence-electron chi connectivity index (χ0n) is 9.89. The zero-order valence-corrected chi connectivity index (χ0v) is 9.89. The Morgan fingerprint density at radius 3 is 2.94 bits per heavy atom. The van der Waals surface area contributed by atoms with E-state index in [2.05, 4.69) is 10.4 Å². The Labute approximate surface area is 96.7 Å². The minimum atomic E-state index is 0.673. The topological polar surface area (TPSA) is 48.3 Å². The average molecular weight is 227 g/mol. The summed E-state index contributed by atoms with van der Waals surface area (Å²) in [6, 6.07) is 1.93. The van der Waals surface area contributed by atoms with Crippen molar-refractivity contribution in [1.82, 2.24) is 15.1 Å². The molecular formula is C11H21N3O2. The van der Waals surface area contributed by atoms with Gasteiger partial charge in [-0.3, -0.25) is 4.68 Å². The van der Waals surface area contributed by atoms with Crippen LogP contribution in [-0.4, -0.2) is 49.8 Å². The maximum atomic E-state index is 5.34. The van der Waals surface area contributed by atoms with Gasteiger partial charge in [0, 0.05) is 32.7 Å². The van der Waals surface area contributed by atoms with Gasteiger partial charge in [-0.1, -0.05) is 0 Å². The van der Waals surface area contributed by atoms with Crippen LogP contribution in [0, 0.1) is 0 Å². The summed E-state index contributed by atoms with van der Waals surface area (Å²) in [5.41, 5.74) is 0. The van der Waals surface area contributed by atoms with E-state index in [0.717, 1.165) is 32.7 Å². The molecule has 0 aliphatic heterocycles. The van der Waals surface area contributed by atoms with Crippen molar-refractivity contribution in [1.29, 1.82) is 0 Å². The van der Waals surface area contributed by atoms with Crippen LogP contribution in [0.1, 0.15) is 6.42 Å². The molecule has 0 saturated carbocycles. The quantitative estimate of drug-likeness (QED) is 0.592. The van der Waals surface area contributed by atoms with Gasteiger partial charge in [-0.25, -0.2) is 0 Å². The predicted octanol–water partition coefficient (Wildman–Crippen LogP) is 0.526. The Bertz CT molecular complexity index is 239. The highest BCUT2D eigenvalue weighted by atomic mass is 16.5. The van der Waals surface area contributed by atoms with Gasteiger partial charge in [-0.05, 0) is 19.0 Å². The van der Waals surface area contributed by atoms with Crippen LogP contribution in [0.5, 0.6) is 0 Å². The fourth-order valence-corrected chi connectivity index (χ4v) is 1.29. The molecule has 92 valence electrons. The van der Waals surface area contributed by atoms with Crippen LogP contribution < -0.4 is 5.32 Å². The van der Waals surface area contributed by atoms with Gasteiger partial charge in [-0.15, -0.1) is 0 Å². The number of hydrogen-bond donors (Lipinski definition) is 1. The molecule has 1 heterocycles. The summed E-state index contributed by atoms with van der Waals surface area (Å²) in [7, 11) is 1.68. The molecule has 1 rings (SSSR count). The SMILES string of the molecule is COCCOCCCNCCn1cccn1. The lowest BCUT2D eigenvalue weighted by molar-refractivity contribution is 0.0695. The summed E-state index contributed by atoms with van der Waals surface area (Å²) in [4.78, 5) is 0. The first-order valence-electron chi connectivity index (χ1n) is 5.68. The summed E-state index contributed by atoms with van der Waals surface area (Å²) in [5, 5.41) is 7.46. The molecule has 0 unspecified atom stereocenters. The van der Waals surface area contributed by atoms with Crippen molar-refractivity contribution in [2.45, 2.75) is 13.0 Å². The Balaban J connectivity index is 1.78. The van der Waals surface area contributed by atoms with Crippen molar-refractivity contribution in [2.75, 3.05) is 40.0 Å². The smallest absolute Gasteiger partial charge is 0.0700 e. The van der Waals surface area contributed by atoms with Gasteiger partial charge in [0.25, 0.3) is 0 Å². The van der Waals surface area contributed by atoms with Crippen LogP contribution in [0.3, 0.4) is 0 Å². The monoisotopic (exact) mass is 227 g/mol. The van der Waals surface area contributed by atoms with E-state index in [-0.39, 0.29) is 0 Å². The van der Waals surface area contributed by atoms with Crippen molar-refractivity contribution >= 4 is 0 Å². The van der Waals surface area contributed by atoms with E-state index in [1.807, 2.05) is 16.9 Å². The number of hydrogen-bond acceptors (Lipinski definition) is 4. The highest BCUT2D eigenvalue weighted by Crippen LogP contribution is 1.84. The number of nitrogens with one attached hydrogen (secondary N) is 1. The lowest BCUT2D eigenvalue weighted by atomic mass is 10.4.